The molecule has 1 aromatic heterocycles. The van der Waals surface area contributed by atoms with E-state index in [1.54, 1.807) is 12.1 Å². The van der Waals surface area contributed by atoms with E-state index < -0.39 is 0 Å². The van der Waals surface area contributed by atoms with E-state index in [9.17, 15) is 4.39 Å². The van der Waals surface area contributed by atoms with Crippen molar-refractivity contribution in [2.75, 3.05) is 22.3 Å². The molecule has 2 rings (SSSR count). The number of hydrazine groups is 1. The monoisotopic (exact) mass is 222 g/mol. The van der Waals surface area contributed by atoms with Gasteiger partial charge in [-0.3, -0.25) is 10.5 Å². The van der Waals surface area contributed by atoms with Crippen LogP contribution in [0.4, 0.5) is 27.4 Å². The van der Waals surface area contributed by atoms with Gasteiger partial charge in [-0.25, -0.2) is 4.39 Å². The van der Waals surface area contributed by atoms with E-state index in [1.807, 2.05) is 0 Å². The minimum atomic E-state index is -0.298. The molecule has 0 saturated carbocycles. The third kappa shape index (κ3) is 1.97. The third-order valence-corrected chi connectivity index (χ3v) is 2.00. The number of nitrogens with two attached hydrogens (primary N) is 2. The van der Waals surface area contributed by atoms with Gasteiger partial charge < -0.3 is 16.9 Å². The van der Waals surface area contributed by atoms with Crippen molar-refractivity contribution in [2.24, 2.45) is 0 Å². The number of aromatic nitrogens is 2. The number of hydrogen-bond donors (Lipinski definition) is 5. The van der Waals surface area contributed by atoms with Crippen LogP contribution in [0, 0.1) is 5.82 Å². The Kier molecular flexibility index (Phi) is 2.50. The second-order valence-electron chi connectivity index (χ2n) is 3.15. The SMILES string of the molecule is Nc1n[nH]c(N)c1NNc1ccc(F)cc1. The maximum absolute atomic E-state index is 12.6. The van der Waals surface area contributed by atoms with E-state index >= 15 is 0 Å². The molecule has 0 saturated heterocycles. The Balaban J connectivity index is 2.05. The summed E-state index contributed by atoms with van der Waals surface area (Å²) in [4.78, 5) is 0. The van der Waals surface area contributed by atoms with Gasteiger partial charge in [0.25, 0.3) is 0 Å². The van der Waals surface area contributed by atoms with Crippen LogP contribution in [0.2, 0.25) is 0 Å². The van der Waals surface area contributed by atoms with Crippen LogP contribution in [0.5, 0.6) is 0 Å². The summed E-state index contributed by atoms with van der Waals surface area (Å²) in [5.74, 6) is 0.284. The molecule has 1 aromatic carbocycles. The van der Waals surface area contributed by atoms with Gasteiger partial charge in [0, 0.05) is 0 Å². The van der Waals surface area contributed by atoms with Crippen LogP contribution in [0.1, 0.15) is 0 Å². The predicted molar refractivity (Wildman–Crippen MR) is 61.1 cm³/mol. The van der Waals surface area contributed by atoms with Crippen LogP contribution in [0.25, 0.3) is 0 Å². The summed E-state index contributed by atoms with van der Waals surface area (Å²) in [5.41, 5.74) is 17.9. The summed E-state index contributed by atoms with van der Waals surface area (Å²) in [6, 6.07) is 5.84. The van der Waals surface area contributed by atoms with Gasteiger partial charge in [-0.05, 0) is 24.3 Å². The lowest BCUT2D eigenvalue weighted by Crippen LogP contribution is -2.10. The molecule has 6 nitrogen and oxygen atoms in total. The summed E-state index contributed by atoms with van der Waals surface area (Å²) in [6.45, 7) is 0. The molecule has 16 heavy (non-hydrogen) atoms. The molecule has 0 aliphatic carbocycles. The number of benzene rings is 1. The zero-order valence-electron chi connectivity index (χ0n) is 8.29. The Labute approximate surface area is 90.8 Å². The number of aromatic amines is 1. The minimum Gasteiger partial charge on any atom is -0.382 e. The molecular weight excluding hydrogens is 211 g/mol. The van der Waals surface area contributed by atoms with Gasteiger partial charge in [0.15, 0.2) is 5.82 Å². The fourth-order valence-corrected chi connectivity index (χ4v) is 1.17. The van der Waals surface area contributed by atoms with Crippen LogP contribution in [0.3, 0.4) is 0 Å². The normalized spacial score (nSPS) is 10.1. The standard InChI is InChI=1S/C9H11FN6/c10-5-1-3-6(4-2-5)13-14-7-8(11)15-16-9(7)12/h1-4,13-14H,(H5,11,12,15,16). The Bertz CT molecular complexity index is 458. The van der Waals surface area contributed by atoms with Crippen LogP contribution in [0.15, 0.2) is 24.3 Å². The van der Waals surface area contributed by atoms with Crippen molar-refractivity contribution in [1.82, 2.24) is 10.2 Å². The van der Waals surface area contributed by atoms with E-state index in [0.29, 0.717) is 17.2 Å². The molecule has 0 bridgehead atoms. The van der Waals surface area contributed by atoms with E-state index in [0.717, 1.165) is 0 Å². The van der Waals surface area contributed by atoms with E-state index in [-0.39, 0.29) is 11.6 Å². The zero-order valence-corrected chi connectivity index (χ0v) is 8.29. The van der Waals surface area contributed by atoms with Crippen LogP contribution in [-0.4, -0.2) is 10.2 Å². The van der Waals surface area contributed by atoms with Crippen molar-refractivity contribution in [2.45, 2.75) is 0 Å². The number of halogens is 1. The topological polar surface area (TPSA) is 105 Å². The van der Waals surface area contributed by atoms with Crippen LogP contribution >= 0.6 is 0 Å². The average Bonchev–Trinajstić information content (AvgIpc) is 2.59. The first kappa shape index (κ1) is 10.1. The second kappa shape index (κ2) is 3.97. The predicted octanol–water partition coefficient (Wildman–Crippen LogP) is 1.15. The van der Waals surface area contributed by atoms with Crippen molar-refractivity contribution >= 4 is 23.0 Å². The van der Waals surface area contributed by atoms with Crippen molar-refractivity contribution in [3.05, 3.63) is 30.1 Å². The maximum Gasteiger partial charge on any atom is 0.172 e. The van der Waals surface area contributed by atoms with E-state index in [2.05, 4.69) is 21.0 Å². The summed E-state index contributed by atoms with van der Waals surface area (Å²) in [7, 11) is 0. The summed E-state index contributed by atoms with van der Waals surface area (Å²) in [6.07, 6.45) is 0. The number of H-pyrrole nitrogens is 1. The quantitative estimate of drug-likeness (QED) is 0.501. The highest BCUT2D eigenvalue weighted by atomic mass is 19.1. The van der Waals surface area contributed by atoms with Crippen molar-refractivity contribution in [3.63, 3.8) is 0 Å². The van der Waals surface area contributed by atoms with Crippen molar-refractivity contribution in [1.29, 1.82) is 0 Å². The number of nitrogen functional groups attached to an aromatic ring is 2. The first-order chi connectivity index (χ1) is 7.66. The molecule has 7 heteroatoms. The van der Waals surface area contributed by atoms with Gasteiger partial charge in [0.2, 0.25) is 0 Å². The highest BCUT2D eigenvalue weighted by molar-refractivity contribution is 5.75. The fourth-order valence-electron chi connectivity index (χ4n) is 1.17. The fraction of sp³-hybridized carbons (Fsp3) is 0. The number of nitrogens with one attached hydrogen (secondary N) is 3. The molecule has 0 spiro atoms. The Morgan fingerprint density at radius 3 is 2.38 bits per heavy atom. The smallest absolute Gasteiger partial charge is 0.172 e. The number of hydrogen-bond acceptors (Lipinski definition) is 5. The molecular formula is C9H11FN6. The number of rotatable bonds is 3. The highest BCUT2D eigenvalue weighted by Crippen LogP contribution is 2.22. The lowest BCUT2D eigenvalue weighted by molar-refractivity contribution is 0.628. The lowest BCUT2D eigenvalue weighted by Gasteiger charge is -2.08. The largest absolute Gasteiger partial charge is 0.382 e. The first-order valence-electron chi connectivity index (χ1n) is 4.53. The number of nitrogens with zero attached hydrogens (tertiary/aromatic N) is 1. The molecule has 0 fully saturated rings. The van der Waals surface area contributed by atoms with Gasteiger partial charge in [0.1, 0.15) is 17.3 Å². The lowest BCUT2D eigenvalue weighted by atomic mass is 10.3. The van der Waals surface area contributed by atoms with Gasteiger partial charge in [-0.15, -0.1) is 0 Å². The van der Waals surface area contributed by atoms with E-state index in [4.69, 9.17) is 11.5 Å². The summed E-state index contributed by atoms with van der Waals surface area (Å²) in [5, 5.41) is 6.23. The van der Waals surface area contributed by atoms with Crippen LogP contribution < -0.4 is 22.3 Å². The van der Waals surface area contributed by atoms with E-state index in [1.165, 1.54) is 12.1 Å². The van der Waals surface area contributed by atoms with Gasteiger partial charge in [0.05, 0.1) is 5.69 Å². The van der Waals surface area contributed by atoms with Gasteiger partial charge >= 0.3 is 0 Å². The van der Waals surface area contributed by atoms with Crippen molar-refractivity contribution in [3.8, 4) is 0 Å². The van der Waals surface area contributed by atoms with Crippen LogP contribution in [-0.2, 0) is 0 Å². The maximum atomic E-state index is 12.6. The molecule has 2 aromatic rings. The minimum absolute atomic E-state index is 0.257. The second-order valence-corrected chi connectivity index (χ2v) is 3.15. The third-order valence-electron chi connectivity index (χ3n) is 2.00. The number of anilines is 4. The molecule has 1 heterocycles. The molecule has 0 unspecified atom stereocenters. The molecule has 0 aliphatic heterocycles. The highest BCUT2D eigenvalue weighted by Gasteiger charge is 2.06. The molecule has 7 N–H and O–H groups in total. The molecule has 0 atom stereocenters. The van der Waals surface area contributed by atoms with Gasteiger partial charge in [-0.2, -0.15) is 5.10 Å². The molecule has 0 aliphatic rings. The Hall–Kier alpha value is -2.44. The summed E-state index contributed by atoms with van der Waals surface area (Å²) >= 11 is 0. The Morgan fingerprint density at radius 2 is 1.81 bits per heavy atom. The Morgan fingerprint density at radius 1 is 1.12 bits per heavy atom. The zero-order chi connectivity index (χ0) is 11.5. The summed E-state index contributed by atoms with van der Waals surface area (Å²) < 4.78 is 12.6. The molecule has 0 amide bonds. The van der Waals surface area contributed by atoms with Crippen molar-refractivity contribution < 1.29 is 4.39 Å². The first-order valence-corrected chi connectivity index (χ1v) is 4.53. The molecule has 0 radical (unpaired) electrons. The molecule has 84 valence electrons. The van der Waals surface area contributed by atoms with Gasteiger partial charge in [-0.1, -0.05) is 0 Å². The average molecular weight is 222 g/mol.